The van der Waals surface area contributed by atoms with Crippen molar-refractivity contribution in [3.63, 3.8) is 0 Å². The smallest absolute Gasteiger partial charge is 0.326 e. The van der Waals surface area contributed by atoms with Crippen LogP contribution >= 0.6 is 0 Å². The number of hydrogen-bond acceptors (Lipinski definition) is 4. The number of hydrogen-bond donors (Lipinski definition) is 4. The number of nitrogens with one attached hydrogen (secondary N) is 2. The predicted octanol–water partition coefficient (Wildman–Crippen LogP) is -1.13. The molecule has 7 nitrogen and oxygen atoms in total. The van der Waals surface area contributed by atoms with E-state index in [2.05, 4.69) is 9.97 Å². The van der Waals surface area contributed by atoms with Gasteiger partial charge in [0.15, 0.2) is 0 Å². The Labute approximate surface area is 97.7 Å². The molecule has 1 amide bonds. The molecule has 1 rings (SSSR count). The van der Waals surface area contributed by atoms with Crippen LogP contribution in [-0.2, 0) is 16.0 Å². The fourth-order valence-electron chi connectivity index (χ4n) is 1.08. The molecule has 0 spiro atoms. The first-order valence-electron chi connectivity index (χ1n) is 6.35. The summed E-state index contributed by atoms with van der Waals surface area (Å²) in [6, 6.07) is -1.43. The Morgan fingerprint density at radius 1 is 1.75 bits per heavy atom. The van der Waals surface area contributed by atoms with Crippen LogP contribution in [0.2, 0.25) is 0 Å². The van der Waals surface area contributed by atoms with Gasteiger partial charge in [-0.05, 0) is 0 Å². The molecule has 88 valence electrons. The van der Waals surface area contributed by atoms with Crippen LogP contribution in [0.4, 0.5) is 0 Å². The number of aromatic nitrogens is 2. The van der Waals surface area contributed by atoms with Crippen molar-refractivity contribution in [3.05, 3.63) is 18.2 Å². The van der Waals surface area contributed by atoms with Crippen LogP contribution in [0.15, 0.2) is 12.5 Å². The molecule has 0 bridgehead atoms. The molecule has 0 radical (unpaired) electrons. The molecule has 0 aromatic carbocycles. The summed E-state index contributed by atoms with van der Waals surface area (Å²) < 4.78 is 28.7. The molecule has 0 aliphatic rings. The molecule has 0 saturated heterocycles. The lowest BCUT2D eigenvalue weighted by molar-refractivity contribution is -0.141. The average molecular weight is 230 g/mol. The lowest BCUT2D eigenvalue weighted by Crippen LogP contribution is -2.42. The third kappa shape index (κ3) is 3.70. The van der Waals surface area contributed by atoms with Crippen molar-refractivity contribution >= 4 is 11.9 Å². The van der Waals surface area contributed by atoms with Crippen molar-refractivity contribution in [3.8, 4) is 0 Å². The first kappa shape index (κ1) is 7.39. The number of aromatic amines is 1. The Balaban J connectivity index is 2.81. The SMILES string of the molecule is [2H]C([2H])(N)C([2H])([2H])C(=O)N[C@@H](Cc1cnc[nH]1)C(=O)O. The topological polar surface area (TPSA) is 121 Å². The molecule has 0 aliphatic carbocycles. The summed E-state index contributed by atoms with van der Waals surface area (Å²) in [5.74, 6) is -2.82. The molecule has 0 saturated carbocycles. The standard InChI is InChI=1S/C9H14N4O3/c10-2-1-8(14)13-7(9(15)16)3-6-4-11-5-12-6/h4-5,7H,1-3,10H2,(H,11,12)(H,13,14)(H,15,16)/t7-/m0/s1/i1D2,2D2. The molecule has 1 atom stereocenters. The predicted molar refractivity (Wildman–Crippen MR) is 55.5 cm³/mol. The zero-order valence-electron chi connectivity index (χ0n) is 12.2. The number of carbonyl (C=O) groups is 2. The zero-order valence-corrected chi connectivity index (χ0v) is 8.23. The van der Waals surface area contributed by atoms with Gasteiger partial charge in [-0.2, -0.15) is 0 Å². The van der Waals surface area contributed by atoms with Crippen molar-refractivity contribution in [2.24, 2.45) is 5.73 Å². The van der Waals surface area contributed by atoms with Gasteiger partial charge in [0.05, 0.1) is 6.33 Å². The molecule has 0 unspecified atom stereocenters. The van der Waals surface area contributed by atoms with Crippen LogP contribution in [-0.4, -0.2) is 39.5 Å². The molecule has 0 fully saturated rings. The third-order valence-electron chi connectivity index (χ3n) is 1.77. The van der Waals surface area contributed by atoms with Gasteiger partial charge < -0.3 is 21.1 Å². The highest BCUT2D eigenvalue weighted by Gasteiger charge is 2.20. The molecular weight excluding hydrogens is 212 g/mol. The molecule has 16 heavy (non-hydrogen) atoms. The van der Waals surface area contributed by atoms with Gasteiger partial charge in [-0.15, -0.1) is 0 Å². The summed E-state index contributed by atoms with van der Waals surface area (Å²) in [5.41, 5.74) is 5.36. The van der Waals surface area contributed by atoms with Crippen LogP contribution in [0.25, 0.3) is 0 Å². The van der Waals surface area contributed by atoms with Gasteiger partial charge in [0.2, 0.25) is 5.91 Å². The number of nitrogens with two attached hydrogens (primary N) is 1. The Bertz CT molecular complexity index is 486. The first-order valence-corrected chi connectivity index (χ1v) is 4.35. The summed E-state index contributed by atoms with van der Waals surface area (Å²) in [6.07, 6.45) is -0.522. The summed E-state index contributed by atoms with van der Waals surface area (Å²) in [4.78, 5) is 29.0. The molecule has 5 N–H and O–H groups in total. The second-order valence-electron chi connectivity index (χ2n) is 2.91. The monoisotopic (exact) mass is 230 g/mol. The maximum absolute atomic E-state index is 11.7. The number of imidazole rings is 1. The quantitative estimate of drug-likeness (QED) is 0.492. The highest BCUT2D eigenvalue weighted by atomic mass is 16.4. The minimum Gasteiger partial charge on any atom is -0.480 e. The first-order chi connectivity index (χ1) is 9.05. The van der Waals surface area contributed by atoms with E-state index in [1.54, 1.807) is 0 Å². The molecular formula is C9H14N4O3. The van der Waals surface area contributed by atoms with Crippen molar-refractivity contribution < 1.29 is 20.2 Å². The van der Waals surface area contributed by atoms with Gasteiger partial charge in [0.25, 0.3) is 0 Å². The number of aliphatic carboxylic acids is 1. The number of carboxylic acid groups (broad SMARTS) is 1. The van der Waals surface area contributed by atoms with Crippen LogP contribution in [0, 0.1) is 0 Å². The number of carboxylic acids is 1. The van der Waals surface area contributed by atoms with Gasteiger partial charge in [-0.3, -0.25) is 4.79 Å². The average Bonchev–Trinajstić information content (AvgIpc) is 2.78. The Hall–Kier alpha value is -1.89. The van der Waals surface area contributed by atoms with Gasteiger partial charge in [0.1, 0.15) is 6.04 Å². The highest BCUT2D eigenvalue weighted by Crippen LogP contribution is 1.99. The number of rotatable bonds is 6. The second-order valence-corrected chi connectivity index (χ2v) is 2.91. The van der Waals surface area contributed by atoms with Gasteiger partial charge in [-0.25, -0.2) is 9.78 Å². The van der Waals surface area contributed by atoms with E-state index in [0.717, 1.165) is 0 Å². The van der Waals surface area contributed by atoms with Crippen molar-refractivity contribution in [2.75, 3.05) is 6.50 Å². The van der Waals surface area contributed by atoms with Gasteiger partial charge >= 0.3 is 5.97 Å². The van der Waals surface area contributed by atoms with E-state index in [4.69, 9.17) is 16.3 Å². The van der Waals surface area contributed by atoms with E-state index in [0.29, 0.717) is 5.69 Å². The lowest BCUT2D eigenvalue weighted by Gasteiger charge is -2.13. The molecule has 1 aromatic heterocycles. The van der Waals surface area contributed by atoms with Crippen molar-refractivity contribution in [1.82, 2.24) is 15.3 Å². The van der Waals surface area contributed by atoms with Crippen molar-refractivity contribution in [1.29, 1.82) is 0 Å². The number of carbonyl (C=O) groups excluding carboxylic acids is 1. The summed E-state index contributed by atoms with van der Waals surface area (Å²) >= 11 is 0. The molecule has 1 heterocycles. The van der Waals surface area contributed by atoms with E-state index in [9.17, 15) is 9.59 Å². The third-order valence-corrected chi connectivity index (χ3v) is 1.77. The van der Waals surface area contributed by atoms with E-state index in [-0.39, 0.29) is 6.42 Å². The summed E-state index contributed by atoms with van der Waals surface area (Å²) in [6.45, 7) is -2.94. The van der Waals surface area contributed by atoms with Gasteiger partial charge in [-0.1, -0.05) is 0 Å². The fraction of sp³-hybridized carbons (Fsp3) is 0.444. The zero-order chi connectivity index (χ0) is 15.6. The Kier molecular flexibility index (Phi) is 2.71. The largest absolute Gasteiger partial charge is 0.480 e. The number of amides is 1. The molecule has 7 heteroatoms. The van der Waals surface area contributed by atoms with E-state index in [1.165, 1.54) is 12.5 Å². The second kappa shape index (κ2) is 5.86. The van der Waals surface area contributed by atoms with Crippen molar-refractivity contribution in [2.45, 2.75) is 18.8 Å². The van der Waals surface area contributed by atoms with Crippen LogP contribution in [0.1, 0.15) is 17.5 Å². The maximum Gasteiger partial charge on any atom is 0.326 e. The van der Waals surface area contributed by atoms with E-state index >= 15 is 0 Å². The van der Waals surface area contributed by atoms with Crippen LogP contribution in [0.5, 0.6) is 0 Å². The van der Waals surface area contributed by atoms with Gasteiger partial charge in [0, 0.05) is 36.7 Å². The van der Waals surface area contributed by atoms with E-state index < -0.39 is 30.8 Å². The Morgan fingerprint density at radius 2 is 2.50 bits per heavy atom. The minimum absolute atomic E-state index is 0.148. The lowest BCUT2D eigenvalue weighted by atomic mass is 10.1. The highest BCUT2D eigenvalue weighted by molar-refractivity contribution is 5.83. The minimum atomic E-state index is -3.06. The van der Waals surface area contributed by atoms with Crippen LogP contribution in [0.3, 0.4) is 0 Å². The number of nitrogens with zero attached hydrogens (tertiary/aromatic N) is 1. The molecule has 0 aliphatic heterocycles. The summed E-state index contributed by atoms with van der Waals surface area (Å²) in [7, 11) is 0. The summed E-state index contributed by atoms with van der Waals surface area (Å²) in [5, 5.41) is 10.9. The van der Waals surface area contributed by atoms with Crippen LogP contribution < -0.4 is 11.1 Å². The normalized spacial score (nSPS) is 17.6. The Morgan fingerprint density at radius 3 is 3.00 bits per heavy atom. The fourth-order valence-corrected chi connectivity index (χ4v) is 1.08. The number of H-pyrrole nitrogens is 1. The molecule has 1 aromatic rings. The maximum atomic E-state index is 11.7. The van der Waals surface area contributed by atoms with E-state index in [1.807, 2.05) is 5.32 Å².